The molecule has 0 bridgehead atoms. The Morgan fingerprint density at radius 3 is 2.40 bits per heavy atom. The summed E-state index contributed by atoms with van der Waals surface area (Å²) in [6.45, 7) is 3.48. The molecule has 2 amide bonds. The molecule has 0 aliphatic carbocycles. The molecule has 7 nitrogen and oxygen atoms in total. The molecule has 0 unspecified atom stereocenters. The molecule has 1 aliphatic rings. The number of nitrogens with zero attached hydrogens (tertiary/aromatic N) is 1. The first kappa shape index (κ1) is 21.5. The summed E-state index contributed by atoms with van der Waals surface area (Å²) in [4.78, 5) is 38.7. The van der Waals surface area contributed by atoms with Crippen molar-refractivity contribution in [2.75, 3.05) is 37.4 Å². The van der Waals surface area contributed by atoms with Gasteiger partial charge in [0.25, 0.3) is 0 Å². The van der Waals surface area contributed by atoms with Gasteiger partial charge in [0.1, 0.15) is 0 Å². The van der Waals surface area contributed by atoms with Crippen molar-refractivity contribution in [2.45, 2.75) is 19.8 Å². The van der Waals surface area contributed by atoms with Crippen LogP contribution in [0.25, 0.3) is 0 Å². The molecular formula is C23H27N3O4. The fraction of sp³-hybridized carbons (Fsp3) is 0.348. The Morgan fingerprint density at radius 2 is 1.73 bits per heavy atom. The molecule has 0 spiro atoms. The molecular weight excluding hydrogens is 382 g/mol. The molecule has 0 atom stereocenters. The molecule has 1 fully saturated rings. The van der Waals surface area contributed by atoms with Crippen LogP contribution in [0.3, 0.4) is 0 Å². The number of piperidine rings is 1. The van der Waals surface area contributed by atoms with E-state index in [1.54, 1.807) is 18.2 Å². The number of likely N-dealkylation sites (tertiary alicyclic amines) is 1. The number of amides is 2. The van der Waals surface area contributed by atoms with Gasteiger partial charge in [-0.15, -0.1) is 0 Å². The second kappa shape index (κ2) is 10.0. The monoisotopic (exact) mass is 409 g/mol. The van der Waals surface area contributed by atoms with Crippen molar-refractivity contribution in [2.24, 2.45) is 5.92 Å². The highest BCUT2D eigenvalue weighted by Crippen LogP contribution is 2.21. The van der Waals surface area contributed by atoms with Crippen LogP contribution >= 0.6 is 0 Å². The SMILES string of the molecule is COC(=O)c1ccc(C)c(NC(=O)CN2CCC(C(=O)Nc3ccccc3)CC2)c1. The van der Waals surface area contributed by atoms with E-state index in [4.69, 9.17) is 4.74 Å². The van der Waals surface area contributed by atoms with Gasteiger partial charge in [-0.05, 0) is 62.7 Å². The van der Waals surface area contributed by atoms with Gasteiger partial charge in [-0.25, -0.2) is 4.79 Å². The Morgan fingerprint density at radius 1 is 1.03 bits per heavy atom. The maximum Gasteiger partial charge on any atom is 0.337 e. The van der Waals surface area contributed by atoms with Crippen LogP contribution in [0.4, 0.5) is 11.4 Å². The maximum absolute atomic E-state index is 12.5. The first-order chi connectivity index (χ1) is 14.5. The first-order valence-electron chi connectivity index (χ1n) is 10.0. The number of methoxy groups -OCH3 is 1. The van der Waals surface area contributed by atoms with E-state index in [2.05, 4.69) is 10.6 Å². The summed E-state index contributed by atoms with van der Waals surface area (Å²) >= 11 is 0. The number of benzene rings is 2. The van der Waals surface area contributed by atoms with Gasteiger partial charge >= 0.3 is 5.97 Å². The largest absolute Gasteiger partial charge is 0.465 e. The number of anilines is 2. The lowest BCUT2D eigenvalue weighted by Crippen LogP contribution is -2.41. The summed E-state index contributed by atoms with van der Waals surface area (Å²) in [6.07, 6.45) is 1.42. The highest BCUT2D eigenvalue weighted by Gasteiger charge is 2.26. The zero-order valence-corrected chi connectivity index (χ0v) is 17.3. The van der Waals surface area contributed by atoms with E-state index in [-0.39, 0.29) is 24.3 Å². The Balaban J connectivity index is 1.48. The maximum atomic E-state index is 12.5. The Kier molecular flexibility index (Phi) is 7.19. The van der Waals surface area contributed by atoms with Gasteiger partial charge in [-0.2, -0.15) is 0 Å². The topological polar surface area (TPSA) is 87.7 Å². The predicted octanol–water partition coefficient (Wildman–Crippen LogP) is 3.07. The highest BCUT2D eigenvalue weighted by molar-refractivity contribution is 5.96. The molecule has 0 saturated carbocycles. The van der Waals surface area contributed by atoms with Crippen LogP contribution in [0.2, 0.25) is 0 Å². The number of hydrogen-bond donors (Lipinski definition) is 2. The van der Waals surface area contributed by atoms with Gasteiger partial charge < -0.3 is 15.4 Å². The molecule has 0 aromatic heterocycles. The summed E-state index contributed by atoms with van der Waals surface area (Å²) in [7, 11) is 1.32. The van der Waals surface area contributed by atoms with Crippen molar-refractivity contribution in [3.05, 3.63) is 59.7 Å². The lowest BCUT2D eigenvalue weighted by molar-refractivity contribution is -0.121. The molecule has 3 rings (SSSR count). The smallest absolute Gasteiger partial charge is 0.337 e. The van der Waals surface area contributed by atoms with E-state index in [0.717, 1.165) is 11.3 Å². The number of rotatable bonds is 6. The molecule has 1 aliphatic heterocycles. The molecule has 158 valence electrons. The quantitative estimate of drug-likeness (QED) is 0.716. The van der Waals surface area contributed by atoms with E-state index in [0.29, 0.717) is 37.2 Å². The number of aryl methyl sites for hydroxylation is 1. The number of carbonyl (C=O) groups is 3. The number of carbonyl (C=O) groups excluding carboxylic acids is 3. The average Bonchev–Trinajstić information content (AvgIpc) is 2.76. The van der Waals surface area contributed by atoms with Crippen molar-refractivity contribution < 1.29 is 19.1 Å². The summed E-state index contributed by atoms with van der Waals surface area (Å²) in [5.74, 6) is -0.613. The third-order valence-electron chi connectivity index (χ3n) is 5.30. The number of para-hydroxylation sites is 1. The summed E-state index contributed by atoms with van der Waals surface area (Å²) in [5.41, 5.74) is 2.66. The lowest BCUT2D eigenvalue weighted by Gasteiger charge is -2.30. The van der Waals surface area contributed by atoms with Crippen molar-refractivity contribution in [1.82, 2.24) is 4.90 Å². The van der Waals surface area contributed by atoms with Crippen LogP contribution < -0.4 is 10.6 Å². The Hall–Kier alpha value is -3.19. The van der Waals surface area contributed by atoms with Crippen molar-refractivity contribution in [1.29, 1.82) is 0 Å². The molecule has 2 N–H and O–H groups in total. The molecule has 0 radical (unpaired) electrons. The van der Waals surface area contributed by atoms with Gasteiger partial charge in [0, 0.05) is 17.3 Å². The third kappa shape index (κ3) is 5.67. The molecule has 2 aromatic rings. The van der Waals surface area contributed by atoms with Crippen LogP contribution in [0.1, 0.15) is 28.8 Å². The van der Waals surface area contributed by atoms with Crippen LogP contribution in [0.5, 0.6) is 0 Å². The molecule has 1 heterocycles. The van der Waals surface area contributed by atoms with Crippen LogP contribution in [0.15, 0.2) is 48.5 Å². The first-order valence-corrected chi connectivity index (χ1v) is 10.0. The van der Waals surface area contributed by atoms with E-state index in [9.17, 15) is 14.4 Å². The lowest BCUT2D eigenvalue weighted by atomic mass is 9.96. The average molecular weight is 409 g/mol. The zero-order valence-electron chi connectivity index (χ0n) is 17.3. The van der Waals surface area contributed by atoms with Gasteiger partial charge in [-0.3, -0.25) is 14.5 Å². The highest BCUT2D eigenvalue weighted by atomic mass is 16.5. The van der Waals surface area contributed by atoms with Crippen LogP contribution in [-0.4, -0.2) is 49.4 Å². The van der Waals surface area contributed by atoms with Gasteiger partial charge in [0.2, 0.25) is 11.8 Å². The number of hydrogen-bond acceptors (Lipinski definition) is 5. The van der Waals surface area contributed by atoms with E-state index in [1.165, 1.54) is 7.11 Å². The Bertz CT molecular complexity index is 906. The van der Waals surface area contributed by atoms with E-state index >= 15 is 0 Å². The standard InChI is InChI=1S/C23H27N3O4/c1-16-8-9-18(23(29)30-2)14-20(16)25-21(27)15-26-12-10-17(11-13-26)22(28)24-19-6-4-3-5-7-19/h3-9,14,17H,10-13,15H2,1-2H3,(H,24,28)(H,25,27). The van der Waals surface area contributed by atoms with E-state index in [1.807, 2.05) is 42.2 Å². The zero-order chi connectivity index (χ0) is 21.5. The van der Waals surface area contributed by atoms with Gasteiger partial charge in [0.15, 0.2) is 0 Å². The molecule has 1 saturated heterocycles. The fourth-order valence-electron chi connectivity index (χ4n) is 3.51. The van der Waals surface area contributed by atoms with Crippen molar-refractivity contribution in [3.8, 4) is 0 Å². The minimum absolute atomic E-state index is 0.0283. The minimum atomic E-state index is -0.443. The van der Waals surface area contributed by atoms with E-state index < -0.39 is 5.97 Å². The Labute approximate surface area is 176 Å². The number of ether oxygens (including phenoxy) is 1. The van der Waals surface area contributed by atoms with Crippen LogP contribution in [0, 0.1) is 12.8 Å². The molecule has 7 heteroatoms. The normalized spacial score (nSPS) is 14.7. The molecule has 30 heavy (non-hydrogen) atoms. The van der Waals surface area contributed by atoms with Crippen molar-refractivity contribution in [3.63, 3.8) is 0 Å². The minimum Gasteiger partial charge on any atom is -0.465 e. The summed E-state index contributed by atoms with van der Waals surface area (Å²) in [6, 6.07) is 14.5. The van der Waals surface area contributed by atoms with Gasteiger partial charge in [-0.1, -0.05) is 24.3 Å². The van der Waals surface area contributed by atoms with Crippen molar-refractivity contribution >= 4 is 29.2 Å². The van der Waals surface area contributed by atoms with Gasteiger partial charge in [0.05, 0.1) is 19.2 Å². The fourth-order valence-corrected chi connectivity index (χ4v) is 3.51. The summed E-state index contributed by atoms with van der Waals surface area (Å²) in [5, 5.41) is 5.83. The predicted molar refractivity (Wildman–Crippen MR) is 115 cm³/mol. The molecule has 2 aromatic carbocycles. The van der Waals surface area contributed by atoms with Crippen LogP contribution in [-0.2, 0) is 14.3 Å². The number of nitrogens with one attached hydrogen (secondary N) is 2. The summed E-state index contributed by atoms with van der Waals surface area (Å²) < 4.78 is 4.73. The second-order valence-corrected chi connectivity index (χ2v) is 7.48. The third-order valence-corrected chi connectivity index (χ3v) is 5.30. The second-order valence-electron chi connectivity index (χ2n) is 7.48. The number of esters is 1.